The number of hydrogen-bond acceptors (Lipinski definition) is 8. The summed E-state index contributed by atoms with van der Waals surface area (Å²) >= 11 is 1.80. The van der Waals surface area contributed by atoms with Crippen LogP contribution in [-0.4, -0.2) is 30.7 Å². The number of Topliss-reactive ketones (excluding diaryl/α,β-unsaturated/α-hetero) is 1. The van der Waals surface area contributed by atoms with E-state index in [1.54, 1.807) is 24.3 Å². The Kier molecular flexibility index (Phi) is 13.7. The first-order valence-corrected chi connectivity index (χ1v) is 12.5. The predicted molar refractivity (Wildman–Crippen MR) is 137 cm³/mol. The minimum atomic E-state index is -0.810. The molecule has 0 saturated carbocycles. The number of hydrogen-bond donors (Lipinski definition) is 2. The van der Waals surface area contributed by atoms with Gasteiger partial charge in [-0.2, -0.15) is 0 Å². The molecule has 2 aromatic heterocycles. The zero-order valence-corrected chi connectivity index (χ0v) is 22.2. The molecule has 2 unspecified atom stereocenters. The van der Waals surface area contributed by atoms with Gasteiger partial charge in [-0.3, -0.25) is 10.1 Å². The number of aryl methyl sites for hydroxylation is 1. The number of nitrogens with one attached hydrogen (secondary N) is 1. The Bertz CT molecular complexity index is 1020. The highest BCUT2D eigenvalue weighted by Crippen LogP contribution is 2.26. The van der Waals surface area contributed by atoms with Crippen LogP contribution in [0.4, 0.5) is 4.79 Å². The number of alkyl carbamates (subject to hydrolysis) is 1. The van der Waals surface area contributed by atoms with Crippen molar-refractivity contribution < 1.29 is 28.6 Å². The zero-order chi connectivity index (χ0) is 26.4. The van der Waals surface area contributed by atoms with Gasteiger partial charge in [0.05, 0.1) is 13.7 Å². The molecule has 2 N–H and O–H groups in total. The van der Waals surface area contributed by atoms with E-state index in [0.717, 1.165) is 13.2 Å². The molecule has 0 fully saturated rings. The summed E-state index contributed by atoms with van der Waals surface area (Å²) in [5.41, 5.74) is -1.09. The molecule has 1 amide bonds. The molecule has 0 aliphatic rings. The van der Waals surface area contributed by atoms with Crippen LogP contribution in [0.3, 0.4) is 0 Å². The largest absolute Gasteiger partial charge is 0.507 e. The van der Waals surface area contributed by atoms with Crippen LogP contribution in [0.25, 0.3) is 0 Å². The Labute approximate surface area is 211 Å². The van der Waals surface area contributed by atoms with Crippen molar-refractivity contribution in [1.29, 1.82) is 0 Å². The lowest BCUT2D eigenvalue weighted by molar-refractivity contribution is 0.0919. The lowest BCUT2D eigenvalue weighted by Gasteiger charge is -2.12. The third kappa shape index (κ3) is 10.5. The van der Waals surface area contributed by atoms with Crippen LogP contribution >= 0.6 is 11.3 Å². The summed E-state index contributed by atoms with van der Waals surface area (Å²) in [7, 11) is 1.27. The third-order valence-corrected chi connectivity index (χ3v) is 6.23. The standard InChI is InChI=1S/C18H25NO6.C8H12OS/c1-5-11(2)16(21)15-13(20)10-14(25-17(15)22)12(3)8-6-7-9-19-18(23)24-4;1-3-9-6-8-5-4-7(2)10-8/h7,9-12,20H,5-6,8H2,1-4H3,(H,19,23);4-5H,3,6H2,1-2H3/b9-7+;. The summed E-state index contributed by atoms with van der Waals surface area (Å²) in [5, 5.41) is 12.5. The SMILES string of the molecule is CCC(C)C(=O)c1c(O)cc(C(C)CC/C=C/NC(=O)OC)oc1=O.CCOCc1ccc(C)s1. The number of carbonyl (C=O) groups is 2. The third-order valence-electron chi connectivity index (χ3n) is 5.26. The van der Waals surface area contributed by atoms with Crippen LogP contribution in [0.15, 0.2) is 39.7 Å². The second-order valence-electron chi connectivity index (χ2n) is 8.04. The average molecular weight is 508 g/mol. The lowest BCUT2D eigenvalue weighted by atomic mass is 9.96. The van der Waals surface area contributed by atoms with Crippen LogP contribution in [0.1, 0.15) is 78.7 Å². The molecular formula is C26H37NO7S. The van der Waals surface area contributed by atoms with Gasteiger partial charge in [0, 0.05) is 40.5 Å². The quantitative estimate of drug-likeness (QED) is 0.363. The molecule has 2 atom stereocenters. The van der Waals surface area contributed by atoms with Gasteiger partial charge in [-0.25, -0.2) is 9.59 Å². The summed E-state index contributed by atoms with van der Waals surface area (Å²) in [6, 6.07) is 5.58. The van der Waals surface area contributed by atoms with Gasteiger partial charge in [0.25, 0.3) is 0 Å². The maximum atomic E-state index is 12.1. The van der Waals surface area contributed by atoms with E-state index in [1.165, 1.54) is 29.1 Å². The minimum Gasteiger partial charge on any atom is -0.507 e. The van der Waals surface area contributed by atoms with Crippen molar-refractivity contribution in [3.05, 3.63) is 62.0 Å². The Hall–Kier alpha value is -2.91. The fraction of sp³-hybridized carbons (Fsp3) is 0.500. The lowest BCUT2D eigenvalue weighted by Crippen LogP contribution is -2.20. The smallest absolute Gasteiger partial charge is 0.410 e. The summed E-state index contributed by atoms with van der Waals surface area (Å²) in [4.78, 5) is 37.8. The molecule has 194 valence electrons. The fourth-order valence-corrected chi connectivity index (χ4v) is 3.75. The number of ether oxygens (including phenoxy) is 2. The molecule has 35 heavy (non-hydrogen) atoms. The van der Waals surface area contributed by atoms with Crippen LogP contribution in [0, 0.1) is 12.8 Å². The van der Waals surface area contributed by atoms with Crippen molar-refractivity contribution in [3.63, 3.8) is 0 Å². The topological polar surface area (TPSA) is 115 Å². The zero-order valence-electron chi connectivity index (χ0n) is 21.4. The maximum absolute atomic E-state index is 12.1. The number of rotatable bonds is 11. The van der Waals surface area contributed by atoms with Crippen molar-refractivity contribution in [2.45, 2.75) is 66.4 Å². The fourth-order valence-electron chi connectivity index (χ4n) is 2.92. The number of carbonyl (C=O) groups excluding carboxylic acids is 2. The van der Waals surface area contributed by atoms with Gasteiger partial charge < -0.3 is 19.0 Å². The van der Waals surface area contributed by atoms with E-state index in [1.807, 2.05) is 20.8 Å². The van der Waals surface area contributed by atoms with E-state index in [-0.39, 0.29) is 23.1 Å². The molecule has 0 aliphatic heterocycles. The van der Waals surface area contributed by atoms with E-state index in [0.29, 0.717) is 25.0 Å². The van der Waals surface area contributed by atoms with Crippen molar-refractivity contribution >= 4 is 23.2 Å². The van der Waals surface area contributed by atoms with Gasteiger partial charge in [0.2, 0.25) is 0 Å². The van der Waals surface area contributed by atoms with E-state index >= 15 is 0 Å². The second kappa shape index (κ2) is 15.9. The highest BCUT2D eigenvalue weighted by molar-refractivity contribution is 7.11. The molecule has 0 aromatic carbocycles. The highest BCUT2D eigenvalue weighted by atomic mass is 32.1. The van der Waals surface area contributed by atoms with E-state index in [2.05, 4.69) is 29.1 Å². The molecule has 0 saturated heterocycles. The van der Waals surface area contributed by atoms with Gasteiger partial charge in [-0.15, -0.1) is 11.3 Å². The van der Waals surface area contributed by atoms with E-state index < -0.39 is 17.5 Å². The molecule has 8 nitrogen and oxygen atoms in total. The van der Waals surface area contributed by atoms with Crippen molar-refractivity contribution in [3.8, 4) is 5.75 Å². The first kappa shape index (κ1) is 30.1. The number of amides is 1. The monoisotopic (exact) mass is 507 g/mol. The molecule has 2 rings (SSSR count). The van der Waals surface area contributed by atoms with Crippen LogP contribution in [0.2, 0.25) is 0 Å². The number of aromatic hydroxyl groups is 1. The molecule has 2 aromatic rings. The Morgan fingerprint density at radius 3 is 2.51 bits per heavy atom. The van der Waals surface area contributed by atoms with Crippen molar-refractivity contribution in [2.24, 2.45) is 5.92 Å². The summed E-state index contributed by atoms with van der Waals surface area (Å²) in [5.74, 6) is -0.938. The Balaban J connectivity index is 0.000000507. The van der Waals surface area contributed by atoms with E-state index in [4.69, 9.17) is 9.15 Å². The van der Waals surface area contributed by atoms with E-state index in [9.17, 15) is 19.5 Å². The summed E-state index contributed by atoms with van der Waals surface area (Å²) in [6.45, 7) is 11.1. The van der Waals surface area contributed by atoms with Gasteiger partial charge in [0.15, 0.2) is 5.78 Å². The Morgan fingerprint density at radius 1 is 1.26 bits per heavy atom. The second-order valence-corrected chi connectivity index (χ2v) is 9.41. The molecule has 0 aliphatic carbocycles. The van der Waals surface area contributed by atoms with Crippen LogP contribution in [0.5, 0.6) is 5.75 Å². The van der Waals surface area contributed by atoms with Gasteiger partial charge in [-0.1, -0.05) is 26.8 Å². The van der Waals surface area contributed by atoms with Crippen LogP contribution < -0.4 is 10.9 Å². The van der Waals surface area contributed by atoms with Gasteiger partial charge >= 0.3 is 11.7 Å². The molecular weight excluding hydrogens is 470 g/mol. The molecule has 0 bridgehead atoms. The molecule has 0 spiro atoms. The van der Waals surface area contributed by atoms with Crippen LogP contribution in [-0.2, 0) is 16.1 Å². The highest BCUT2D eigenvalue weighted by Gasteiger charge is 2.24. The molecule has 9 heteroatoms. The number of methoxy groups -OCH3 is 1. The summed E-state index contributed by atoms with van der Waals surface area (Å²) in [6.07, 6.45) is 4.47. The first-order chi connectivity index (χ1) is 16.6. The number of thiophene rings is 1. The summed E-state index contributed by atoms with van der Waals surface area (Å²) < 4.78 is 14.9. The predicted octanol–water partition coefficient (Wildman–Crippen LogP) is 5.92. The normalized spacial score (nSPS) is 12.5. The van der Waals surface area contributed by atoms with Gasteiger partial charge in [0.1, 0.15) is 17.1 Å². The first-order valence-electron chi connectivity index (χ1n) is 11.7. The molecule has 0 radical (unpaired) electrons. The number of ketones is 1. The molecule has 2 heterocycles. The average Bonchev–Trinajstić information content (AvgIpc) is 3.26. The van der Waals surface area contributed by atoms with Crippen molar-refractivity contribution in [1.82, 2.24) is 5.32 Å². The van der Waals surface area contributed by atoms with Gasteiger partial charge in [-0.05, 0) is 45.2 Å². The number of allylic oxidation sites excluding steroid dienone is 1. The minimum absolute atomic E-state index is 0.144. The Morgan fingerprint density at radius 2 is 1.97 bits per heavy atom. The maximum Gasteiger partial charge on any atom is 0.410 e. The van der Waals surface area contributed by atoms with Crippen molar-refractivity contribution in [2.75, 3.05) is 13.7 Å².